The van der Waals surface area contributed by atoms with Crippen LogP contribution in [0.3, 0.4) is 0 Å². The van der Waals surface area contributed by atoms with Gasteiger partial charge in [-0.25, -0.2) is 0 Å². The summed E-state index contributed by atoms with van der Waals surface area (Å²) in [6.45, 7) is 5.70. The van der Waals surface area contributed by atoms with Crippen LogP contribution in [0.2, 0.25) is 0 Å². The minimum Gasteiger partial charge on any atom is -0.369 e. The highest BCUT2D eigenvalue weighted by Gasteiger charge is 2.16. The Bertz CT molecular complexity index is 707. The van der Waals surface area contributed by atoms with Crippen molar-refractivity contribution >= 4 is 16.6 Å². The van der Waals surface area contributed by atoms with Gasteiger partial charge in [0.1, 0.15) is 6.07 Å². The third-order valence-corrected chi connectivity index (χ3v) is 3.26. The monoisotopic (exact) mass is 278 g/mol. The van der Waals surface area contributed by atoms with Gasteiger partial charge in [0.2, 0.25) is 0 Å². The molecule has 4 nitrogen and oxygen atoms in total. The van der Waals surface area contributed by atoms with Crippen molar-refractivity contribution in [1.82, 2.24) is 4.98 Å². The van der Waals surface area contributed by atoms with Gasteiger partial charge in [-0.05, 0) is 12.0 Å². The summed E-state index contributed by atoms with van der Waals surface area (Å²) in [6, 6.07) is 12.2. The summed E-state index contributed by atoms with van der Waals surface area (Å²) in [6.07, 6.45) is 2.06. The van der Waals surface area contributed by atoms with Crippen LogP contribution in [0.15, 0.2) is 30.5 Å². The molecule has 0 aliphatic heterocycles. The van der Waals surface area contributed by atoms with E-state index in [0.717, 1.165) is 23.1 Å². The van der Waals surface area contributed by atoms with E-state index in [1.807, 2.05) is 24.3 Å². The zero-order chi connectivity index (χ0) is 15.2. The quantitative estimate of drug-likeness (QED) is 0.840. The van der Waals surface area contributed by atoms with Crippen LogP contribution in [0.4, 0.5) is 5.69 Å². The van der Waals surface area contributed by atoms with Gasteiger partial charge in [0, 0.05) is 24.7 Å². The topological polar surface area (TPSA) is 63.7 Å². The van der Waals surface area contributed by atoms with Gasteiger partial charge >= 0.3 is 0 Å². The fraction of sp³-hybridized carbons (Fsp3) is 0.353. The molecule has 2 aromatic rings. The van der Waals surface area contributed by atoms with Gasteiger partial charge in [-0.15, -0.1) is 0 Å². The summed E-state index contributed by atoms with van der Waals surface area (Å²) in [4.78, 5) is 6.48. The lowest BCUT2D eigenvalue weighted by atomic mass is 10.1. The summed E-state index contributed by atoms with van der Waals surface area (Å²) in [5, 5.41) is 19.3. The van der Waals surface area contributed by atoms with E-state index in [-0.39, 0.29) is 0 Å². The molecule has 0 aliphatic carbocycles. The molecule has 1 aromatic heterocycles. The average molecular weight is 278 g/mol. The molecule has 1 heterocycles. The van der Waals surface area contributed by atoms with Crippen LogP contribution in [0.1, 0.15) is 25.8 Å². The molecule has 0 bridgehead atoms. The van der Waals surface area contributed by atoms with E-state index in [0.29, 0.717) is 24.4 Å². The highest BCUT2D eigenvalue weighted by molar-refractivity contribution is 5.94. The molecule has 4 heteroatoms. The smallest absolute Gasteiger partial charge is 0.103 e. The maximum atomic E-state index is 9.40. The number of pyridine rings is 1. The van der Waals surface area contributed by atoms with Crippen molar-refractivity contribution < 1.29 is 0 Å². The molecule has 0 saturated carbocycles. The Morgan fingerprint density at radius 1 is 1.24 bits per heavy atom. The molecule has 1 aromatic carbocycles. The summed E-state index contributed by atoms with van der Waals surface area (Å²) < 4.78 is 0. The van der Waals surface area contributed by atoms with Gasteiger partial charge in [0.25, 0.3) is 0 Å². The van der Waals surface area contributed by atoms with Crippen LogP contribution in [0, 0.1) is 28.6 Å². The van der Waals surface area contributed by atoms with E-state index < -0.39 is 0 Å². The third-order valence-electron chi connectivity index (χ3n) is 3.26. The number of rotatable bonds is 5. The zero-order valence-electron chi connectivity index (χ0n) is 12.4. The molecule has 0 aliphatic rings. The Labute approximate surface area is 125 Å². The van der Waals surface area contributed by atoms with Crippen LogP contribution in [0.25, 0.3) is 10.9 Å². The molecule has 0 spiro atoms. The Morgan fingerprint density at radius 3 is 2.67 bits per heavy atom. The molecule has 106 valence electrons. The van der Waals surface area contributed by atoms with E-state index in [9.17, 15) is 5.26 Å². The van der Waals surface area contributed by atoms with E-state index in [4.69, 9.17) is 5.26 Å². The maximum Gasteiger partial charge on any atom is 0.103 e. The molecular weight excluding hydrogens is 260 g/mol. The number of hydrogen-bond acceptors (Lipinski definition) is 4. The number of anilines is 1. The largest absolute Gasteiger partial charge is 0.369 e. The number of benzene rings is 1. The van der Waals surface area contributed by atoms with E-state index in [1.165, 1.54) is 0 Å². The predicted molar refractivity (Wildman–Crippen MR) is 83.7 cm³/mol. The molecule has 0 atom stereocenters. The summed E-state index contributed by atoms with van der Waals surface area (Å²) >= 11 is 0. The highest BCUT2D eigenvalue weighted by atomic mass is 15.1. The summed E-state index contributed by atoms with van der Waals surface area (Å²) in [5.74, 6) is 0.446. The van der Waals surface area contributed by atoms with E-state index >= 15 is 0 Å². The average Bonchev–Trinajstić information content (AvgIpc) is 2.50. The molecule has 0 radical (unpaired) electrons. The van der Waals surface area contributed by atoms with Crippen LogP contribution < -0.4 is 4.90 Å². The normalized spacial score (nSPS) is 10.3. The summed E-state index contributed by atoms with van der Waals surface area (Å²) in [5.41, 5.74) is 2.33. The van der Waals surface area contributed by atoms with Crippen molar-refractivity contribution in [3.05, 3.63) is 36.0 Å². The van der Waals surface area contributed by atoms with Crippen molar-refractivity contribution in [2.45, 2.75) is 20.3 Å². The van der Waals surface area contributed by atoms with Crippen molar-refractivity contribution in [2.75, 3.05) is 18.0 Å². The first kappa shape index (κ1) is 14.8. The molecule has 0 unspecified atom stereocenters. The number of hydrogen-bond donors (Lipinski definition) is 0. The van der Waals surface area contributed by atoms with Crippen molar-refractivity contribution in [1.29, 1.82) is 10.5 Å². The molecule has 0 fully saturated rings. The minimum absolute atomic E-state index is 0.439. The first-order valence-electron chi connectivity index (χ1n) is 7.07. The Morgan fingerprint density at radius 2 is 2.00 bits per heavy atom. The molecule has 0 amide bonds. The standard InChI is InChI=1S/C17H18N4/c1-13(2)12-21(9-5-8-18)17-14(10-19)11-20-16-7-4-3-6-15(16)17/h3-4,6-7,11,13H,5,9,12H2,1-2H3. The first-order chi connectivity index (χ1) is 10.2. The number of nitrogens with zero attached hydrogens (tertiary/aromatic N) is 4. The number of nitriles is 2. The predicted octanol–water partition coefficient (Wildman–Crippen LogP) is 3.48. The lowest BCUT2D eigenvalue weighted by Crippen LogP contribution is -2.29. The molecule has 21 heavy (non-hydrogen) atoms. The van der Waals surface area contributed by atoms with Gasteiger partial charge in [-0.3, -0.25) is 4.98 Å². The second-order valence-electron chi connectivity index (χ2n) is 5.40. The lowest BCUT2D eigenvalue weighted by molar-refractivity contribution is 0.613. The fourth-order valence-electron chi connectivity index (χ4n) is 2.47. The van der Waals surface area contributed by atoms with Crippen LogP contribution in [0.5, 0.6) is 0 Å². The van der Waals surface area contributed by atoms with Crippen LogP contribution in [-0.2, 0) is 0 Å². The van der Waals surface area contributed by atoms with Gasteiger partial charge in [-0.2, -0.15) is 10.5 Å². The SMILES string of the molecule is CC(C)CN(CCC#N)c1c(C#N)cnc2ccccc12. The van der Waals surface area contributed by atoms with Crippen LogP contribution >= 0.6 is 0 Å². The van der Waals surface area contributed by atoms with Crippen molar-refractivity contribution in [3.63, 3.8) is 0 Å². The zero-order valence-corrected chi connectivity index (χ0v) is 12.4. The second kappa shape index (κ2) is 6.72. The Balaban J connectivity index is 2.59. The number of aromatic nitrogens is 1. The maximum absolute atomic E-state index is 9.40. The first-order valence-corrected chi connectivity index (χ1v) is 7.07. The van der Waals surface area contributed by atoms with E-state index in [2.05, 4.69) is 35.9 Å². The lowest BCUT2D eigenvalue weighted by Gasteiger charge is -2.27. The van der Waals surface area contributed by atoms with Crippen molar-refractivity contribution in [3.8, 4) is 12.1 Å². The number of para-hydroxylation sites is 1. The van der Waals surface area contributed by atoms with Gasteiger partial charge in [0.15, 0.2) is 0 Å². The molecule has 2 rings (SSSR count). The highest BCUT2D eigenvalue weighted by Crippen LogP contribution is 2.29. The van der Waals surface area contributed by atoms with Gasteiger partial charge < -0.3 is 4.90 Å². The second-order valence-corrected chi connectivity index (χ2v) is 5.40. The Hall–Kier alpha value is -2.59. The molecule has 0 N–H and O–H groups in total. The van der Waals surface area contributed by atoms with Gasteiger partial charge in [0.05, 0.1) is 29.3 Å². The third kappa shape index (κ3) is 3.30. The van der Waals surface area contributed by atoms with E-state index in [1.54, 1.807) is 6.20 Å². The minimum atomic E-state index is 0.439. The molecule has 0 saturated heterocycles. The van der Waals surface area contributed by atoms with Crippen LogP contribution in [-0.4, -0.2) is 18.1 Å². The fourth-order valence-corrected chi connectivity index (χ4v) is 2.47. The Kier molecular flexibility index (Phi) is 4.74. The van der Waals surface area contributed by atoms with Crippen molar-refractivity contribution in [2.24, 2.45) is 5.92 Å². The summed E-state index contributed by atoms with van der Waals surface area (Å²) in [7, 11) is 0. The number of fused-ring (bicyclic) bond motifs is 1. The van der Waals surface area contributed by atoms with Gasteiger partial charge in [-0.1, -0.05) is 32.0 Å². The molecular formula is C17H18N4.